The molecule has 0 bridgehead atoms. The number of hydrogen-bond acceptors (Lipinski definition) is 4. The summed E-state index contributed by atoms with van der Waals surface area (Å²) in [6.07, 6.45) is 1.36. The summed E-state index contributed by atoms with van der Waals surface area (Å²) in [6.45, 7) is 4.33. The predicted molar refractivity (Wildman–Crippen MR) is 121 cm³/mol. The third-order valence-corrected chi connectivity index (χ3v) is 6.79. The van der Waals surface area contributed by atoms with E-state index in [1.807, 2.05) is 24.3 Å². The Morgan fingerprint density at radius 1 is 0.968 bits per heavy atom. The van der Waals surface area contributed by atoms with Crippen LogP contribution >= 0.6 is 0 Å². The van der Waals surface area contributed by atoms with Gasteiger partial charge in [0.15, 0.2) is 0 Å². The molecule has 0 aromatic heterocycles. The number of likely N-dealkylation sites (tertiary alicyclic amines) is 1. The fourth-order valence-corrected chi connectivity index (χ4v) is 5.02. The molecule has 2 aliphatic heterocycles. The Kier molecular flexibility index (Phi) is 5.20. The highest BCUT2D eigenvalue weighted by Gasteiger charge is 2.38. The van der Waals surface area contributed by atoms with Crippen LogP contribution in [0.3, 0.4) is 0 Å². The number of benzene rings is 3. The van der Waals surface area contributed by atoms with Gasteiger partial charge in [0.25, 0.3) is 0 Å². The van der Waals surface area contributed by atoms with E-state index >= 15 is 0 Å². The molecule has 4 heteroatoms. The number of ether oxygens (including phenoxy) is 2. The maximum absolute atomic E-state index is 11.5. The molecule has 160 valence electrons. The molecule has 1 N–H and O–H groups in total. The van der Waals surface area contributed by atoms with Crippen molar-refractivity contribution in [3.05, 3.63) is 94.5 Å². The summed E-state index contributed by atoms with van der Waals surface area (Å²) in [5.41, 5.74) is 5.09. The molecule has 2 heterocycles. The zero-order chi connectivity index (χ0) is 21.4. The van der Waals surface area contributed by atoms with Gasteiger partial charge in [0.2, 0.25) is 0 Å². The van der Waals surface area contributed by atoms with Gasteiger partial charge in [0, 0.05) is 18.7 Å². The smallest absolute Gasteiger partial charge is 0.124 e. The summed E-state index contributed by atoms with van der Waals surface area (Å²) < 4.78 is 11.6. The minimum absolute atomic E-state index is 0.128. The van der Waals surface area contributed by atoms with E-state index in [4.69, 9.17) is 9.47 Å². The second kappa shape index (κ2) is 8.03. The molecule has 0 saturated carbocycles. The van der Waals surface area contributed by atoms with Crippen molar-refractivity contribution in [2.75, 3.05) is 20.2 Å². The van der Waals surface area contributed by atoms with E-state index in [1.165, 1.54) is 22.3 Å². The molecule has 0 amide bonds. The van der Waals surface area contributed by atoms with Gasteiger partial charge in [-0.3, -0.25) is 4.90 Å². The topological polar surface area (TPSA) is 41.9 Å². The molecule has 1 fully saturated rings. The lowest BCUT2D eigenvalue weighted by molar-refractivity contribution is -0.0326. The Hall–Kier alpha value is -2.82. The van der Waals surface area contributed by atoms with Crippen LogP contribution < -0.4 is 9.47 Å². The third-order valence-electron chi connectivity index (χ3n) is 6.79. The number of methoxy groups -OCH3 is 1. The van der Waals surface area contributed by atoms with E-state index in [-0.39, 0.29) is 6.04 Å². The van der Waals surface area contributed by atoms with Gasteiger partial charge in [-0.1, -0.05) is 54.1 Å². The van der Waals surface area contributed by atoms with Gasteiger partial charge in [-0.25, -0.2) is 0 Å². The van der Waals surface area contributed by atoms with Crippen molar-refractivity contribution in [3.63, 3.8) is 0 Å². The number of aliphatic hydroxyl groups is 1. The van der Waals surface area contributed by atoms with E-state index in [9.17, 15) is 5.11 Å². The highest BCUT2D eigenvalue weighted by Crippen LogP contribution is 2.43. The SMILES string of the molecule is COc1cccc(C2(O)CCN(C3c4ccccc4COc4ccc(C)cc43)CC2)c1. The van der Waals surface area contributed by atoms with E-state index in [0.717, 1.165) is 30.2 Å². The predicted octanol–water partition coefficient (Wildman–Crippen LogP) is 4.97. The summed E-state index contributed by atoms with van der Waals surface area (Å²) in [7, 11) is 1.66. The van der Waals surface area contributed by atoms with Crippen molar-refractivity contribution in [1.29, 1.82) is 0 Å². The number of aryl methyl sites for hydroxylation is 1. The van der Waals surface area contributed by atoms with Crippen LogP contribution in [0.15, 0.2) is 66.7 Å². The Bertz CT molecular complexity index is 1090. The number of nitrogens with zero attached hydrogens (tertiary/aromatic N) is 1. The fraction of sp³-hybridized carbons (Fsp3) is 0.333. The van der Waals surface area contributed by atoms with E-state index in [1.54, 1.807) is 7.11 Å². The maximum atomic E-state index is 11.5. The monoisotopic (exact) mass is 415 g/mol. The van der Waals surface area contributed by atoms with Crippen molar-refractivity contribution in [2.24, 2.45) is 0 Å². The van der Waals surface area contributed by atoms with Crippen LogP contribution in [0.25, 0.3) is 0 Å². The number of fused-ring (bicyclic) bond motifs is 2. The summed E-state index contributed by atoms with van der Waals surface area (Å²) in [6, 6.07) is 23.0. The first-order valence-corrected chi connectivity index (χ1v) is 11.0. The molecule has 31 heavy (non-hydrogen) atoms. The molecule has 3 aromatic rings. The fourth-order valence-electron chi connectivity index (χ4n) is 5.02. The van der Waals surface area contributed by atoms with Crippen molar-refractivity contribution in [3.8, 4) is 11.5 Å². The van der Waals surface area contributed by atoms with Crippen LogP contribution in [-0.2, 0) is 12.2 Å². The molecule has 1 atom stereocenters. The molecule has 1 unspecified atom stereocenters. The van der Waals surface area contributed by atoms with E-state index in [2.05, 4.69) is 54.3 Å². The van der Waals surface area contributed by atoms with Gasteiger partial charge in [0.05, 0.1) is 18.8 Å². The first-order valence-electron chi connectivity index (χ1n) is 11.0. The standard InChI is InChI=1S/C27H29NO3/c1-19-10-11-25-24(16-19)26(23-9-4-3-6-20(23)18-31-25)28-14-12-27(29,13-15-28)21-7-5-8-22(17-21)30-2/h3-11,16-17,26,29H,12-15,18H2,1-2H3. The molecule has 5 rings (SSSR count). The highest BCUT2D eigenvalue weighted by atomic mass is 16.5. The van der Waals surface area contributed by atoms with Crippen molar-refractivity contribution < 1.29 is 14.6 Å². The Labute approximate surface area is 184 Å². The molecule has 2 aliphatic rings. The lowest BCUT2D eigenvalue weighted by Crippen LogP contribution is -2.44. The van der Waals surface area contributed by atoms with Crippen LogP contribution in [0.1, 0.15) is 46.7 Å². The second-order valence-corrected chi connectivity index (χ2v) is 8.73. The number of piperidine rings is 1. The second-order valence-electron chi connectivity index (χ2n) is 8.73. The first kappa shape index (κ1) is 20.1. The van der Waals surface area contributed by atoms with Crippen LogP contribution in [0, 0.1) is 6.92 Å². The van der Waals surface area contributed by atoms with Crippen molar-refractivity contribution in [2.45, 2.75) is 38.0 Å². The molecule has 0 aliphatic carbocycles. The zero-order valence-electron chi connectivity index (χ0n) is 18.2. The number of rotatable bonds is 3. The molecule has 4 nitrogen and oxygen atoms in total. The van der Waals surface area contributed by atoms with Crippen LogP contribution in [0.5, 0.6) is 11.5 Å². The Morgan fingerprint density at radius 2 is 1.77 bits per heavy atom. The Balaban J connectivity index is 1.48. The van der Waals surface area contributed by atoms with Crippen molar-refractivity contribution in [1.82, 2.24) is 4.90 Å². The lowest BCUT2D eigenvalue weighted by atomic mass is 9.82. The van der Waals surface area contributed by atoms with Crippen molar-refractivity contribution >= 4 is 0 Å². The minimum Gasteiger partial charge on any atom is -0.497 e. The van der Waals surface area contributed by atoms with Gasteiger partial charge in [-0.15, -0.1) is 0 Å². The largest absolute Gasteiger partial charge is 0.497 e. The third kappa shape index (κ3) is 3.71. The molecule has 0 radical (unpaired) electrons. The summed E-state index contributed by atoms with van der Waals surface area (Å²) >= 11 is 0. The van der Waals surface area contributed by atoms with Crippen LogP contribution in [0.4, 0.5) is 0 Å². The Morgan fingerprint density at radius 3 is 2.58 bits per heavy atom. The summed E-state index contributed by atoms with van der Waals surface area (Å²) in [5.74, 6) is 1.74. The van der Waals surface area contributed by atoms with E-state index in [0.29, 0.717) is 19.4 Å². The molecule has 1 saturated heterocycles. The van der Waals surface area contributed by atoms with Crippen LogP contribution in [0.2, 0.25) is 0 Å². The van der Waals surface area contributed by atoms with Gasteiger partial charge in [-0.2, -0.15) is 0 Å². The highest BCUT2D eigenvalue weighted by molar-refractivity contribution is 5.48. The first-order chi connectivity index (χ1) is 15.1. The summed E-state index contributed by atoms with van der Waals surface area (Å²) in [4.78, 5) is 2.50. The quantitative estimate of drug-likeness (QED) is 0.656. The molecule has 3 aromatic carbocycles. The molecular weight excluding hydrogens is 386 g/mol. The maximum Gasteiger partial charge on any atom is 0.124 e. The van der Waals surface area contributed by atoms with Gasteiger partial charge < -0.3 is 14.6 Å². The average molecular weight is 416 g/mol. The van der Waals surface area contributed by atoms with E-state index < -0.39 is 5.60 Å². The van der Waals surface area contributed by atoms with Gasteiger partial charge in [0.1, 0.15) is 18.1 Å². The normalized spacial score (nSPS) is 20.2. The zero-order valence-corrected chi connectivity index (χ0v) is 18.2. The van der Waals surface area contributed by atoms with Gasteiger partial charge in [-0.05, 0) is 54.7 Å². The molecular formula is C27H29NO3. The number of hydrogen-bond donors (Lipinski definition) is 1. The molecule has 0 spiro atoms. The van der Waals surface area contributed by atoms with Crippen LogP contribution in [-0.4, -0.2) is 30.2 Å². The lowest BCUT2D eigenvalue weighted by Gasteiger charge is -2.42. The van der Waals surface area contributed by atoms with Gasteiger partial charge >= 0.3 is 0 Å². The minimum atomic E-state index is -0.832. The summed E-state index contributed by atoms with van der Waals surface area (Å²) in [5, 5.41) is 11.5. The average Bonchev–Trinajstić information content (AvgIpc) is 2.96.